The number of thioether (sulfide) groups is 1. The number of nitrogens with zero attached hydrogens (tertiary/aromatic N) is 1. The number of anilines is 1. The maximum atomic E-state index is 12.8. The molecule has 0 spiro atoms. The average Bonchev–Trinajstić information content (AvgIpc) is 3.08. The standard InChI is InChI=1S/C22H28N2O3S/c1-15-5-4-6-18(11-15)23-21(25)13-28-14-22(26)24-10-9-16(2)12-19(24)20-8-7-17(3)27-20/h4-8,11,16,19H,9-10,12-14H2,1-3H3,(H,23,25). The minimum atomic E-state index is -0.0890. The Kier molecular flexibility index (Phi) is 6.83. The molecule has 1 aromatic carbocycles. The van der Waals surface area contributed by atoms with Crippen LogP contribution in [0.5, 0.6) is 0 Å². The molecule has 28 heavy (non-hydrogen) atoms. The summed E-state index contributed by atoms with van der Waals surface area (Å²) >= 11 is 1.36. The number of hydrogen-bond donors (Lipinski definition) is 1. The summed E-state index contributed by atoms with van der Waals surface area (Å²) in [7, 11) is 0. The smallest absolute Gasteiger partial charge is 0.234 e. The van der Waals surface area contributed by atoms with E-state index in [-0.39, 0.29) is 23.6 Å². The molecule has 2 atom stereocenters. The molecule has 1 N–H and O–H groups in total. The molecule has 1 aromatic heterocycles. The number of aryl methyl sites for hydroxylation is 2. The summed E-state index contributed by atoms with van der Waals surface area (Å²) in [6.45, 7) is 6.86. The number of carbonyl (C=O) groups excluding carboxylic acids is 2. The summed E-state index contributed by atoms with van der Waals surface area (Å²) in [5.41, 5.74) is 1.88. The molecular weight excluding hydrogens is 372 g/mol. The molecule has 3 rings (SSSR count). The molecule has 5 nitrogen and oxygen atoms in total. The van der Waals surface area contributed by atoms with Gasteiger partial charge in [-0.25, -0.2) is 0 Å². The molecule has 0 radical (unpaired) electrons. The van der Waals surface area contributed by atoms with E-state index in [9.17, 15) is 9.59 Å². The molecule has 0 saturated carbocycles. The third kappa shape index (κ3) is 5.41. The van der Waals surface area contributed by atoms with E-state index < -0.39 is 0 Å². The van der Waals surface area contributed by atoms with Crippen molar-refractivity contribution < 1.29 is 14.0 Å². The number of benzene rings is 1. The van der Waals surface area contributed by atoms with E-state index in [2.05, 4.69) is 12.2 Å². The molecule has 2 heterocycles. The van der Waals surface area contributed by atoms with Crippen LogP contribution in [0.15, 0.2) is 40.8 Å². The quantitative estimate of drug-likeness (QED) is 0.772. The first-order valence-corrected chi connectivity index (χ1v) is 10.9. The van der Waals surface area contributed by atoms with Gasteiger partial charge in [0.2, 0.25) is 11.8 Å². The highest BCUT2D eigenvalue weighted by atomic mass is 32.2. The highest BCUT2D eigenvalue weighted by molar-refractivity contribution is 8.00. The Balaban J connectivity index is 1.52. The lowest BCUT2D eigenvalue weighted by Crippen LogP contribution is -2.41. The van der Waals surface area contributed by atoms with Crippen molar-refractivity contribution in [2.75, 3.05) is 23.4 Å². The second kappa shape index (κ2) is 9.32. The highest BCUT2D eigenvalue weighted by Gasteiger charge is 2.32. The van der Waals surface area contributed by atoms with Crippen LogP contribution in [0.4, 0.5) is 5.69 Å². The second-order valence-corrected chi connectivity index (χ2v) is 8.58. The maximum Gasteiger partial charge on any atom is 0.234 e. The number of hydrogen-bond acceptors (Lipinski definition) is 4. The monoisotopic (exact) mass is 400 g/mol. The average molecular weight is 401 g/mol. The summed E-state index contributed by atoms with van der Waals surface area (Å²) in [5, 5.41) is 2.88. The van der Waals surface area contributed by atoms with Gasteiger partial charge in [0.15, 0.2) is 0 Å². The number of piperidine rings is 1. The molecule has 2 amide bonds. The highest BCUT2D eigenvalue weighted by Crippen LogP contribution is 2.35. The maximum absolute atomic E-state index is 12.8. The second-order valence-electron chi connectivity index (χ2n) is 7.59. The molecule has 1 saturated heterocycles. The van der Waals surface area contributed by atoms with Crippen molar-refractivity contribution in [2.45, 2.75) is 39.7 Å². The van der Waals surface area contributed by atoms with Crippen LogP contribution >= 0.6 is 11.8 Å². The Labute approximate surface area is 170 Å². The molecule has 2 unspecified atom stereocenters. The Hall–Kier alpha value is -2.21. The van der Waals surface area contributed by atoms with Gasteiger partial charge in [0.1, 0.15) is 11.5 Å². The van der Waals surface area contributed by atoms with E-state index in [1.54, 1.807) is 0 Å². The van der Waals surface area contributed by atoms with Crippen LogP contribution in [0.3, 0.4) is 0 Å². The third-order valence-electron chi connectivity index (χ3n) is 5.04. The van der Waals surface area contributed by atoms with Crippen LogP contribution in [-0.2, 0) is 9.59 Å². The Morgan fingerprint density at radius 1 is 1.21 bits per heavy atom. The van der Waals surface area contributed by atoms with Crippen molar-refractivity contribution >= 4 is 29.3 Å². The Morgan fingerprint density at radius 3 is 2.75 bits per heavy atom. The lowest BCUT2D eigenvalue weighted by atomic mass is 9.91. The van der Waals surface area contributed by atoms with Crippen molar-refractivity contribution in [1.82, 2.24) is 4.90 Å². The first-order valence-electron chi connectivity index (χ1n) is 9.72. The van der Waals surface area contributed by atoms with Crippen molar-refractivity contribution in [2.24, 2.45) is 5.92 Å². The molecular formula is C22H28N2O3S. The van der Waals surface area contributed by atoms with Gasteiger partial charge in [-0.05, 0) is 62.4 Å². The van der Waals surface area contributed by atoms with Gasteiger partial charge in [-0.15, -0.1) is 11.8 Å². The van der Waals surface area contributed by atoms with E-state index in [0.717, 1.165) is 42.2 Å². The van der Waals surface area contributed by atoms with E-state index in [1.807, 2.05) is 55.1 Å². The largest absolute Gasteiger partial charge is 0.464 e. The predicted octanol–water partition coefficient (Wildman–Crippen LogP) is 4.57. The number of carbonyl (C=O) groups is 2. The summed E-state index contributed by atoms with van der Waals surface area (Å²) in [4.78, 5) is 26.9. The molecule has 0 bridgehead atoms. The first-order chi connectivity index (χ1) is 13.4. The number of nitrogens with one attached hydrogen (secondary N) is 1. The van der Waals surface area contributed by atoms with Crippen LogP contribution in [0.25, 0.3) is 0 Å². The van der Waals surface area contributed by atoms with E-state index >= 15 is 0 Å². The van der Waals surface area contributed by atoms with Crippen molar-refractivity contribution in [3.63, 3.8) is 0 Å². The van der Waals surface area contributed by atoms with Gasteiger partial charge >= 0.3 is 0 Å². The fourth-order valence-corrected chi connectivity index (χ4v) is 4.28. The van der Waals surface area contributed by atoms with Gasteiger partial charge in [0.25, 0.3) is 0 Å². The van der Waals surface area contributed by atoms with Crippen LogP contribution in [0, 0.1) is 19.8 Å². The zero-order valence-electron chi connectivity index (χ0n) is 16.7. The van der Waals surface area contributed by atoms with Crippen LogP contribution in [0.2, 0.25) is 0 Å². The van der Waals surface area contributed by atoms with E-state index in [1.165, 1.54) is 11.8 Å². The van der Waals surface area contributed by atoms with Gasteiger partial charge in [0, 0.05) is 12.2 Å². The summed E-state index contributed by atoms with van der Waals surface area (Å²) in [6.07, 6.45) is 1.91. The van der Waals surface area contributed by atoms with Crippen molar-refractivity contribution in [1.29, 1.82) is 0 Å². The minimum absolute atomic E-state index is 0.00771. The molecule has 6 heteroatoms. The van der Waals surface area contributed by atoms with Gasteiger partial charge in [-0.1, -0.05) is 19.1 Å². The molecule has 1 fully saturated rings. The number of rotatable bonds is 6. The van der Waals surface area contributed by atoms with Gasteiger partial charge in [0.05, 0.1) is 17.5 Å². The fourth-order valence-electron chi connectivity index (χ4n) is 3.58. The van der Waals surface area contributed by atoms with Gasteiger partial charge in [-0.2, -0.15) is 0 Å². The number of furan rings is 1. The van der Waals surface area contributed by atoms with Crippen molar-refractivity contribution in [3.05, 3.63) is 53.5 Å². The molecule has 2 aromatic rings. The van der Waals surface area contributed by atoms with Crippen LogP contribution in [-0.4, -0.2) is 34.8 Å². The SMILES string of the molecule is Cc1cccc(NC(=O)CSCC(=O)N2CCC(C)CC2c2ccc(C)o2)c1. The third-order valence-corrected chi connectivity index (χ3v) is 5.95. The molecule has 150 valence electrons. The topological polar surface area (TPSA) is 62.6 Å². The van der Waals surface area contributed by atoms with Crippen LogP contribution < -0.4 is 5.32 Å². The minimum Gasteiger partial charge on any atom is -0.464 e. The summed E-state index contributed by atoms with van der Waals surface area (Å²) < 4.78 is 5.81. The zero-order valence-corrected chi connectivity index (χ0v) is 17.6. The predicted molar refractivity (Wildman–Crippen MR) is 113 cm³/mol. The number of amides is 2. The number of likely N-dealkylation sites (tertiary alicyclic amines) is 1. The normalized spacial score (nSPS) is 19.5. The Morgan fingerprint density at radius 2 is 2.04 bits per heavy atom. The lowest BCUT2D eigenvalue weighted by Gasteiger charge is -2.37. The van der Waals surface area contributed by atoms with Gasteiger partial charge in [-0.3, -0.25) is 9.59 Å². The summed E-state index contributed by atoms with van der Waals surface area (Å²) in [5.74, 6) is 2.82. The van der Waals surface area contributed by atoms with Crippen molar-refractivity contribution in [3.8, 4) is 0 Å². The molecule has 1 aliphatic heterocycles. The van der Waals surface area contributed by atoms with Crippen LogP contribution in [0.1, 0.15) is 42.9 Å². The van der Waals surface area contributed by atoms with Gasteiger partial charge < -0.3 is 14.6 Å². The fraction of sp³-hybridized carbons (Fsp3) is 0.455. The summed E-state index contributed by atoms with van der Waals surface area (Å²) in [6, 6.07) is 11.6. The molecule has 1 aliphatic rings. The van der Waals surface area contributed by atoms with E-state index in [0.29, 0.717) is 11.7 Å². The Bertz CT molecular complexity index is 833. The lowest BCUT2D eigenvalue weighted by molar-refractivity contribution is -0.133. The van der Waals surface area contributed by atoms with E-state index in [4.69, 9.17) is 4.42 Å². The molecule has 0 aliphatic carbocycles. The zero-order chi connectivity index (χ0) is 20.1. The first kappa shape index (κ1) is 20.5.